The van der Waals surface area contributed by atoms with Crippen LogP contribution in [0.5, 0.6) is 11.5 Å². The maximum Gasteiger partial charge on any atom is 0.282 e. The summed E-state index contributed by atoms with van der Waals surface area (Å²) in [7, 11) is 3.04. The van der Waals surface area contributed by atoms with Gasteiger partial charge in [0.15, 0.2) is 11.5 Å². The van der Waals surface area contributed by atoms with Gasteiger partial charge in [0, 0.05) is 5.92 Å². The Kier molecular flexibility index (Phi) is 5.60. The van der Waals surface area contributed by atoms with Crippen LogP contribution in [0.4, 0.5) is 5.69 Å². The van der Waals surface area contributed by atoms with Gasteiger partial charge in [-0.05, 0) is 25.3 Å². The molecule has 1 aliphatic carbocycles. The molecule has 1 saturated carbocycles. The summed E-state index contributed by atoms with van der Waals surface area (Å²) in [6, 6.07) is 3.22. The number of hydrogen-bond acceptors (Lipinski definition) is 4. The summed E-state index contributed by atoms with van der Waals surface area (Å²) in [6.07, 6.45) is 3.66. The third-order valence-electron chi connectivity index (χ3n) is 4.10. The summed E-state index contributed by atoms with van der Waals surface area (Å²) in [6.45, 7) is 4.93. The Bertz CT molecular complexity index is 529. The molecule has 2 rings (SSSR count). The lowest BCUT2D eigenvalue weighted by molar-refractivity contribution is -0.915. The van der Waals surface area contributed by atoms with Gasteiger partial charge in [0.1, 0.15) is 6.54 Å². The zero-order chi connectivity index (χ0) is 16.1. The third-order valence-corrected chi connectivity index (χ3v) is 4.10. The Labute approximate surface area is 131 Å². The number of benzene rings is 1. The molecule has 1 fully saturated rings. The smallest absolute Gasteiger partial charge is 0.282 e. The Morgan fingerprint density at radius 1 is 1.27 bits per heavy atom. The second-order valence-corrected chi connectivity index (χ2v) is 5.92. The standard InChI is InChI=1S/C16H24N2O4/c1-4-7-17(10-12-5-6-12)11-13-8-15(21-2)16(22-3)9-14(13)18(19)20/h8-9,12H,4-7,10-11H2,1-3H3/p+1. The third kappa shape index (κ3) is 4.10. The van der Waals surface area contributed by atoms with E-state index in [0.717, 1.165) is 25.4 Å². The Balaban J connectivity index is 2.27. The number of quaternary nitrogens is 1. The van der Waals surface area contributed by atoms with Crippen LogP contribution in [0.1, 0.15) is 31.7 Å². The predicted molar refractivity (Wildman–Crippen MR) is 83.6 cm³/mol. The largest absolute Gasteiger partial charge is 0.493 e. The molecule has 1 aromatic rings. The van der Waals surface area contributed by atoms with Crippen LogP contribution in [0.15, 0.2) is 12.1 Å². The number of nitro benzene ring substituents is 1. The highest BCUT2D eigenvalue weighted by Crippen LogP contribution is 2.34. The van der Waals surface area contributed by atoms with Crippen molar-refractivity contribution < 1.29 is 19.3 Å². The lowest BCUT2D eigenvalue weighted by Gasteiger charge is -2.19. The molecule has 0 amide bonds. The molecule has 0 spiro atoms. The van der Waals surface area contributed by atoms with E-state index in [0.29, 0.717) is 23.6 Å². The van der Waals surface area contributed by atoms with Crippen LogP contribution in [0.25, 0.3) is 0 Å². The van der Waals surface area contributed by atoms with E-state index in [2.05, 4.69) is 6.92 Å². The van der Waals surface area contributed by atoms with Crippen LogP contribution in [-0.2, 0) is 6.54 Å². The Hall–Kier alpha value is -1.82. The molecule has 6 nitrogen and oxygen atoms in total. The number of rotatable bonds is 9. The van der Waals surface area contributed by atoms with Gasteiger partial charge in [0.25, 0.3) is 5.69 Å². The molecule has 0 heterocycles. The molecule has 0 saturated heterocycles. The van der Waals surface area contributed by atoms with Crippen LogP contribution in [0.2, 0.25) is 0 Å². The molecule has 22 heavy (non-hydrogen) atoms. The van der Waals surface area contributed by atoms with E-state index < -0.39 is 0 Å². The van der Waals surface area contributed by atoms with Crippen molar-refractivity contribution >= 4 is 5.69 Å². The van der Waals surface area contributed by atoms with Gasteiger partial charge in [-0.2, -0.15) is 0 Å². The molecule has 1 unspecified atom stereocenters. The van der Waals surface area contributed by atoms with Gasteiger partial charge in [-0.3, -0.25) is 10.1 Å². The molecular weight excluding hydrogens is 284 g/mol. The summed E-state index contributed by atoms with van der Waals surface area (Å²) in [5.41, 5.74) is 0.828. The average molecular weight is 309 g/mol. The molecule has 1 aliphatic rings. The monoisotopic (exact) mass is 309 g/mol. The summed E-state index contributed by atoms with van der Waals surface area (Å²) in [5, 5.41) is 11.4. The van der Waals surface area contributed by atoms with E-state index in [4.69, 9.17) is 9.47 Å². The van der Waals surface area contributed by atoms with Gasteiger partial charge in [0.2, 0.25) is 0 Å². The van der Waals surface area contributed by atoms with Crippen molar-refractivity contribution in [3.05, 3.63) is 27.8 Å². The lowest BCUT2D eigenvalue weighted by atomic mass is 10.1. The first-order valence-electron chi connectivity index (χ1n) is 7.81. The molecule has 1 aromatic carbocycles. The first-order chi connectivity index (χ1) is 10.6. The van der Waals surface area contributed by atoms with Crippen molar-refractivity contribution in [2.75, 3.05) is 27.3 Å². The zero-order valence-electron chi connectivity index (χ0n) is 13.6. The molecule has 1 atom stereocenters. The maximum absolute atomic E-state index is 11.4. The van der Waals surface area contributed by atoms with E-state index in [1.54, 1.807) is 13.2 Å². The van der Waals surface area contributed by atoms with Crippen molar-refractivity contribution in [1.29, 1.82) is 0 Å². The van der Waals surface area contributed by atoms with Crippen molar-refractivity contribution in [1.82, 2.24) is 0 Å². The number of nitrogens with one attached hydrogen (secondary N) is 1. The number of nitro groups is 1. The van der Waals surface area contributed by atoms with Crippen LogP contribution in [-0.4, -0.2) is 32.2 Å². The van der Waals surface area contributed by atoms with Crippen LogP contribution in [0.3, 0.4) is 0 Å². The first kappa shape index (κ1) is 16.5. The molecule has 1 N–H and O–H groups in total. The number of nitrogens with zero attached hydrogens (tertiary/aromatic N) is 1. The molecule has 0 bridgehead atoms. The highest BCUT2D eigenvalue weighted by molar-refractivity contribution is 5.54. The zero-order valence-corrected chi connectivity index (χ0v) is 13.6. The minimum atomic E-state index is -0.335. The molecule has 6 heteroatoms. The fourth-order valence-electron chi connectivity index (χ4n) is 2.84. The van der Waals surface area contributed by atoms with E-state index in [-0.39, 0.29) is 10.6 Å². The van der Waals surface area contributed by atoms with Crippen molar-refractivity contribution in [2.45, 2.75) is 32.7 Å². The van der Waals surface area contributed by atoms with Gasteiger partial charge >= 0.3 is 0 Å². The first-order valence-corrected chi connectivity index (χ1v) is 7.81. The second kappa shape index (κ2) is 7.45. The topological polar surface area (TPSA) is 66.0 Å². The normalized spacial score (nSPS) is 15.4. The summed E-state index contributed by atoms with van der Waals surface area (Å²) in [4.78, 5) is 12.4. The van der Waals surface area contributed by atoms with Crippen molar-refractivity contribution in [2.24, 2.45) is 5.92 Å². The van der Waals surface area contributed by atoms with Crippen LogP contribution >= 0.6 is 0 Å². The van der Waals surface area contributed by atoms with E-state index in [9.17, 15) is 10.1 Å². The molecular formula is C16H25N2O4+. The van der Waals surface area contributed by atoms with E-state index >= 15 is 0 Å². The average Bonchev–Trinajstić information content (AvgIpc) is 3.30. The Morgan fingerprint density at radius 2 is 1.91 bits per heavy atom. The fraction of sp³-hybridized carbons (Fsp3) is 0.625. The van der Waals surface area contributed by atoms with Gasteiger partial charge in [-0.15, -0.1) is 0 Å². The lowest BCUT2D eigenvalue weighted by Crippen LogP contribution is -3.11. The minimum absolute atomic E-state index is 0.113. The predicted octanol–water partition coefficient (Wildman–Crippen LogP) is 1.82. The number of hydrogen-bond donors (Lipinski definition) is 1. The Morgan fingerprint density at radius 3 is 2.41 bits per heavy atom. The fourth-order valence-corrected chi connectivity index (χ4v) is 2.84. The SMILES string of the molecule is CCC[NH+](Cc1cc(OC)c(OC)cc1[N+](=O)[O-])CC1CC1. The maximum atomic E-state index is 11.4. The van der Waals surface area contributed by atoms with Gasteiger partial charge in [-0.25, -0.2) is 0 Å². The van der Waals surface area contributed by atoms with Gasteiger partial charge in [-0.1, -0.05) is 6.92 Å². The second-order valence-electron chi connectivity index (χ2n) is 5.92. The van der Waals surface area contributed by atoms with Crippen LogP contribution in [0, 0.1) is 16.0 Å². The summed E-state index contributed by atoms with van der Waals surface area (Å²) in [5.74, 6) is 1.74. The highest BCUT2D eigenvalue weighted by atomic mass is 16.6. The quantitative estimate of drug-likeness (QED) is 0.558. The molecule has 0 aromatic heterocycles. The van der Waals surface area contributed by atoms with Gasteiger partial charge in [0.05, 0.1) is 43.9 Å². The van der Waals surface area contributed by atoms with Crippen LogP contribution < -0.4 is 14.4 Å². The van der Waals surface area contributed by atoms with Crippen molar-refractivity contribution in [3.8, 4) is 11.5 Å². The highest BCUT2D eigenvalue weighted by Gasteiger charge is 2.29. The summed E-state index contributed by atoms with van der Waals surface area (Å²) < 4.78 is 10.5. The molecule has 0 aliphatic heterocycles. The molecule has 122 valence electrons. The van der Waals surface area contributed by atoms with Crippen molar-refractivity contribution in [3.63, 3.8) is 0 Å². The van der Waals surface area contributed by atoms with Gasteiger partial charge < -0.3 is 14.4 Å². The number of ether oxygens (including phenoxy) is 2. The minimum Gasteiger partial charge on any atom is -0.493 e. The summed E-state index contributed by atoms with van der Waals surface area (Å²) >= 11 is 0. The number of methoxy groups -OCH3 is 2. The molecule has 0 radical (unpaired) electrons. The van der Waals surface area contributed by atoms with E-state index in [1.165, 1.54) is 30.9 Å². The van der Waals surface area contributed by atoms with E-state index in [1.807, 2.05) is 0 Å².